The molecule has 1 saturated heterocycles. The van der Waals surface area contributed by atoms with Gasteiger partial charge in [0.15, 0.2) is 0 Å². The van der Waals surface area contributed by atoms with Crippen LogP contribution >= 0.6 is 11.3 Å². The monoisotopic (exact) mass is 236 g/mol. The lowest BCUT2D eigenvalue weighted by Crippen LogP contribution is -2.19. The Labute approximate surface area is 97.6 Å². The van der Waals surface area contributed by atoms with Crippen LogP contribution in [0.2, 0.25) is 0 Å². The number of anilines is 1. The molecule has 4 nitrogen and oxygen atoms in total. The summed E-state index contributed by atoms with van der Waals surface area (Å²) in [6.07, 6.45) is 1.96. The molecule has 84 valence electrons. The second kappa shape index (κ2) is 4.09. The fraction of sp³-hybridized carbons (Fsp3) is 0.273. The maximum Gasteiger partial charge on any atom is 0.254 e. The van der Waals surface area contributed by atoms with Gasteiger partial charge in [-0.25, -0.2) is 0 Å². The number of thiophene rings is 1. The molecular formula is C11H12N2O2S. The molecule has 0 unspecified atom stereocenters. The lowest BCUT2D eigenvalue weighted by atomic mass is 10.2. The quantitative estimate of drug-likeness (QED) is 0.621. The van der Waals surface area contributed by atoms with Gasteiger partial charge in [-0.2, -0.15) is 0 Å². The summed E-state index contributed by atoms with van der Waals surface area (Å²) in [5.41, 5.74) is 0.539. The molecule has 16 heavy (non-hydrogen) atoms. The van der Waals surface area contributed by atoms with Gasteiger partial charge in [-0.3, -0.25) is 14.9 Å². The summed E-state index contributed by atoms with van der Waals surface area (Å²) in [5.74, 6) is -0.495. The standard InChI is InChI=1S/C11H12N2O2S/c1-13(2)10-4-3-8(16-10)5-7-6-9(14)12-11(7)15/h3-5H,6H2,1-2H3,(H,12,14,15). The summed E-state index contributed by atoms with van der Waals surface area (Å²) in [6.45, 7) is 0. The molecule has 1 N–H and O–H groups in total. The number of imide groups is 1. The van der Waals surface area contributed by atoms with Crippen LogP contribution in [0.25, 0.3) is 6.08 Å². The predicted molar refractivity (Wildman–Crippen MR) is 64.4 cm³/mol. The summed E-state index contributed by atoms with van der Waals surface area (Å²) < 4.78 is 0. The van der Waals surface area contributed by atoms with Crippen LogP contribution in [0, 0.1) is 0 Å². The normalized spacial score (nSPS) is 18.0. The lowest BCUT2D eigenvalue weighted by molar-refractivity contribution is -0.124. The van der Waals surface area contributed by atoms with E-state index in [4.69, 9.17) is 0 Å². The van der Waals surface area contributed by atoms with Gasteiger partial charge in [-0.1, -0.05) is 0 Å². The minimum absolute atomic E-state index is 0.189. The third-order valence-corrected chi connectivity index (χ3v) is 3.47. The van der Waals surface area contributed by atoms with Gasteiger partial charge in [-0.05, 0) is 18.2 Å². The predicted octanol–water partition coefficient (Wildman–Crippen LogP) is 1.24. The highest BCUT2D eigenvalue weighted by Crippen LogP contribution is 2.27. The zero-order valence-corrected chi connectivity index (χ0v) is 9.93. The van der Waals surface area contributed by atoms with E-state index in [0.717, 1.165) is 9.88 Å². The first-order valence-corrected chi connectivity index (χ1v) is 5.70. The van der Waals surface area contributed by atoms with Gasteiger partial charge in [-0.15, -0.1) is 11.3 Å². The topological polar surface area (TPSA) is 49.4 Å². The van der Waals surface area contributed by atoms with Crippen molar-refractivity contribution in [2.45, 2.75) is 6.42 Å². The van der Waals surface area contributed by atoms with Gasteiger partial charge in [0.05, 0.1) is 11.4 Å². The van der Waals surface area contributed by atoms with E-state index in [1.54, 1.807) is 17.4 Å². The fourth-order valence-electron chi connectivity index (χ4n) is 1.45. The Morgan fingerprint density at radius 3 is 2.62 bits per heavy atom. The van der Waals surface area contributed by atoms with E-state index < -0.39 is 0 Å². The molecule has 1 aromatic rings. The minimum atomic E-state index is -0.273. The van der Waals surface area contributed by atoms with Crippen LogP contribution in [-0.2, 0) is 9.59 Å². The molecule has 1 aromatic heterocycles. The Kier molecular flexibility index (Phi) is 2.78. The van der Waals surface area contributed by atoms with Crippen LogP contribution in [-0.4, -0.2) is 25.9 Å². The number of hydrogen-bond donors (Lipinski definition) is 1. The van der Waals surface area contributed by atoms with Crippen molar-refractivity contribution in [1.82, 2.24) is 5.32 Å². The van der Waals surface area contributed by atoms with E-state index in [0.29, 0.717) is 5.57 Å². The van der Waals surface area contributed by atoms with Crippen LogP contribution in [0.15, 0.2) is 17.7 Å². The maximum absolute atomic E-state index is 11.3. The van der Waals surface area contributed by atoms with E-state index in [-0.39, 0.29) is 18.2 Å². The number of amides is 2. The Bertz CT molecular complexity index is 474. The van der Waals surface area contributed by atoms with Crippen molar-refractivity contribution in [2.24, 2.45) is 0 Å². The van der Waals surface area contributed by atoms with Crippen LogP contribution < -0.4 is 10.2 Å². The molecule has 0 aliphatic carbocycles. The van der Waals surface area contributed by atoms with Gasteiger partial charge in [0, 0.05) is 24.5 Å². The van der Waals surface area contributed by atoms with Crippen molar-refractivity contribution in [3.8, 4) is 0 Å². The molecule has 2 heterocycles. The molecule has 0 spiro atoms. The minimum Gasteiger partial charge on any atom is -0.370 e. The number of nitrogens with one attached hydrogen (secondary N) is 1. The molecule has 0 aromatic carbocycles. The number of hydrogen-bond acceptors (Lipinski definition) is 4. The summed E-state index contributed by atoms with van der Waals surface area (Å²) in [6, 6.07) is 3.94. The summed E-state index contributed by atoms with van der Waals surface area (Å²) in [4.78, 5) is 25.3. The molecule has 2 amide bonds. The highest BCUT2D eigenvalue weighted by atomic mass is 32.1. The van der Waals surface area contributed by atoms with Gasteiger partial charge in [0.1, 0.15) is 0 Å². The molecular weight excluding hydrogens is 224 g/mol. The molecule has 2 rings (SSSR count). The molecule has 0 atom stereocenters. The van der Waals surface area contributed by atoms with Gasteiger partial charge >= 0.3 is 0 Å². The van der Waals surface area contributed by atoms with Gasteiger partial charge < -0.3 is 4.90 Å². The first kappa shape index (κ1) is 10.9. The van der Waals surface area contributed by atoms with Crippen LogP contribution in [0.3, 0.4) is 0 Å². The third-order valence-electron chi connectivity index (χ3n) is 2.27. The number of rotatable bonds is 2. The second-order valence-electron chi connectivity index (χ2n) is 3.79. The van der Waals surface area contributed by atoms with Crippen LogP contribution in [0.5, 0.6) is 0 Å². The Balaban J connectivity index is 2.22. The number of nitrogens with zero attached hydrogens (tertiary/aromatic N) is 1. The first-order chi connectivity index (χ1) is 7.56. The van der Waals surface area contributed by atoms with E-state index in [1.165, 1.54) is 0 Å². The van der Waals surface area contributed by atoms with Crippen LogP contribution in [0.1, 0.15) is 11.3 Å². The molecule has 0 saturated carbocycles. The van der Waals surface area contributed by atoms with Gasteiger partial charge in [0.2, 0.25) is 5.91 Å². The largest absolute Gasteiger partial charge is 0.370 e. The van der Waals surface area contributed by atoms with E-state index in [1.807, 2.05) is 31.1 Å². The molecule has 1 fully saturated rings. The third kappa shape index (κ3) is 2.14. The summed E-state index contributed by atoms with van der Waals surface area (Å²) in [5, 5.41) is 3.39. The molecule has 0 radical (unpaired) electrons. The molecule has 5 heteroatoms. The van der Waals surface area contributed by atoms with E-state index >= 15 is 0 Å². The fourth-order valence-corrected chi connectivity index (χ4v) is 2.35. The second-order valence-corrected chi connectivity index (χ2v) is 4.89. The first-order valence-electron chi connectivity index (χ1n) is 4.88. The van der Waals surface area contributed by atoms with E-state index in [2.05, 4.69) is 5.32 Å². The van der Waals surface area contributed by atoms with Crippen molar-refractivity contribution in [2.75, 3.05) is 19.0 Å². The van der Waals surface area contributed by atoms with Crippen molar-refractivity contribution < 1.29 is 9.59 Å². The Hall–Kier alpha value is -1.62. The average Bonchev–Trinajstić information content (AvgIpc) is 2.75. The number of carbonyl (C=O) groups is 2. The van der Waals surface area contributed by atoms with Crippen molar-refractivity contribution in [1.29, 1.82) is 0 Å². The number of carbonyl (C=O) groups excluding carboxylic acids is 2. The Morgan fingerprint density at radius 2 is 2.12 bits per heavy atom. The van der Waals surface area contributed by atoms with Crippen molar-refractivity contribution in [3.05, 3.63) is 22.6 Å². The molecule has 1 aliphatic rings. The SMILES string of the molecule is CN(C)c1ccc(C=C2CC(=O)NC2=O)s1. The summed E-state index contributed by atoms with van der Waals surface area (Å²) in [7, 11) is 3.93. The molecule has 1 aliphatic heterocycles. The van der Waals surface area contributed by atoms with Gasteiger partial charge in [0.25, 0.3) is 5.91 Å². The smallest absolute Gasteiger partial charge is 0.254 e. The highest BCUT2D eigenvalue weighted by Gasteiger charge is 2.23. The van der Waals surface area contributed by atoms with Crippen molar-refractivity contribution in [3.63, 3.8) is 0 Å². The van der Waals surface area contributed by atoms with E-state index in [9.17, 15) is 9.59 Å². The zero-order valence-electron chi connectivity index (χ0n) is 9.11. The van der Waals surface area contributed by atoms with Crippen molar-refractivity contribution >= 4 is 34.2 Å². The Morgan fingerprint density at radius 1 is 1.38 bits per heavy atom. The average molecular weight is 236 g/mol. The lowest BCUT2D eigenvalue weighted by Gasteiger charge is -2.06. The highest BCUT2D eigenvalue weighted by molar-refractivity contribution is 7.16. The molecule has 0 bridgehead atoms. The zero-order chi connectivity index (χ0) is 11.7. The summed E-state index contributed by atoms with van der Waals surface area (Å²) >= 11 is 1.59. The maximum atomic E-state index is 11.3. The van der Waals surface area contributed by atoms with Crippen LogP contribution in [0.4, 0.5) is 5.00 Å².